The first kappa shape index (κ1) is 15.3. The topological polar surface area (TPSA) is 108 Å². The molecule has 0 saturated carbocycles. The lowest BCUT2D eigenvalue weighted by Gasteiger charge is -2.03. The number of nitrogens with zero attached hydrogens (tertiary/aromatic N) is 2. The fourth-order valence-corrected chi connectivity index (χ4v) is 3.13. The molecule has 1 amide bonds. The molecule has 2 heterocycles. The van der Waals surface area contributed by atoms with E-state index in [2.05, 4.69) is 20.5 Å². The Labute approximate surface area is 136 Å². The van der Waals surface area contributed by atoms with Gasteiger partial charge in [-0.3, -0.25) is 9.89 Å². The van der Waals surface area contributed by atoms with Crippen LogP contribution in [0.15, 0.2) is 34.3 Å². The zero-order valence-corrected chi connectivity index (χ0v) is 13.1. The standard InChI is InChI=1S/C15H14N4O3S/c1-2-5-10-17-15(19-18-10)23-12(14(21)22)11-8-6-3-4-7-9(8)16-13(11)20/h3-4,6-7H,2,5H2,1H3,(H,16,20)(H,21,22)(H,17,18,19)/b12-11+. The molecule has 0 atom stereocenters. The van der Waals surface area contributed by atoms with Crippen molar-refractivity contribution in [2.75, 3.05) is 5.32 Å². The molecule has 3 rings (SSSR count). The molecule has 1 aromatic heterocycles. The largest absolute Gasteiger partial charge is 0.477 e. The summed E-state index contributed by atoms with van der Waals surface area (Å²) in [5, 5.41) is 19.3. The third-order valence-electron chi connectivity index (χ3n) is 3.28. The highest BCUT2D eigenvalue weighted by molar-refractivity contribution is 8.04. The van der Waals surface area contributed by atoms with Crippen LogP contribution in [0.5, 0.6) is 0 Å². The van der Waals surface area contributed by atoms with E-state index < -0.39 is 11.9 Å². The number of aryl methyl sites for hydroxylation is 1. The highest BCUT2D eigenvalue weighted by atomic mass is 32.2. The van der Waals surface area contributed by atoms with Crippen molar-refractivity contribution in [2.45, 2.75) is 24.9 Å². The number of carbonyl (C=O) groups excluding carboxylic acids is 1. The van der Waals surface area contributed by atoms with Crippen LogP contribution < -0.4 is 5.32 Å². The molecule has 1 aliphatic heterocycles. The highest BCUT2D eigenvalue weighted by Gasteiger charge is 2.31. The van der Waals surface area contributed by atoms with E-state index in [-0.39, 0.29) is 15.6 Å². The molecule has 8 heteroatoms. The minimum Gasteiger partial charge on any atom is -0.477 e. The minimum atomic E-state index is -1.18. The number of carboxylic acids is 1. The van der Waals surface area contributed by atoms with Crippen molar-refractivity contribution < 1.29 is 14.7 Å². The quantitative estimate of drug-likeness (QED) is 0.573. The second-order valence-corrected chi connectivity index (χ2v) is 5.90. The number of nitrogens with one attached hydrogen (secondary N) is 2. The highest BCUT2D eigenvalue weighted by Crippen LogP contribution is 2.38. The Bertz CT molecular complexity index is 813. The van der Waals surface area contributed by atoms with Crippen molar-refractivity contribution in [3.63, 3.8) is 0 Å². The molecule has 1 aliphatic rings. The molecule has 3 N–H and O–H groups in total. The smallest absolute Gasteiger partial charge is 0.343 e. The molecule has 0 bridgehead atoms. The average molecular weight is 330 g/mol. The number of amides is 1. The summed E-state index contributed by atoms with van der Waals surface area (Å²) >= 11 is 0.874. The van der Waals surface area contributed by atoms with Gasteiger partial charge in [-0.1, -0.05) is 25.1 Å². The van der Waals surface area contributed by atoms with Crippen LogP contribution in [0.2, 0.25) is 0 Å². The van der Waals surface area contributed by atoms with Crippen molar-refractivity contribution >= 4 is 34.9 Å². The van der Waals surface area contributed by atoms with E-state index in [1.807, 2.05) is 6.92 Å². The zero-order chi connectivity index (χ0) is 16.4. The SMILES string of the molecule is CCCc1nc(S/C(C(=O)O)=C2/C(=O)Nc3ccccc32)n[nH]1. The van der Waals surface area contributed by atoms with Gasteiger partial charge in [-0.2, -0.15) is 0 Å². The summed E-state index contributed by atoms with van der Waals surface area (Å²) < 4.78 is 0. The number of benzene rings is 1. The Morgan fingerprint density at radius 1 is 1.35 bits per heavy atom. The molecule has 118 valence electrons. The van der Waals surface area contributed by atoms with E-state index in [0.29, 0.717) is 17.1 Å². The van der Waals surface area contributed by atoms with Crippen molar-refractivity contribution in [1.29, 1.82) is 0 Å². The number of aromatic nitrogens is 3. The maximum absolute atomic E-state index is 12.2. The number of H-pyrrole nitrogens is 1. The van der Waals surface area contributed by atoms with Crippen LogP contribution in [0.25, 0.3) is 5.57 Å². The van der Waals surface area contributed by atoms with Crippen LogP contribution in [-0.2, 0) is 16.0 Å². The summed E-state index contributed by atoms with van der Waals surface area (Å²) in [7, 11) is 0. The average Bonchev–Trinajstić information content (AvgIpc) is 3.08. The van der Waals surface area contributed by atoms with Crippen molar-refractivity contribution in [2.24, 2.45) is 0 Å². The molecule has 0 unspecified atom stereocenters. The van der Waals surface area contributed by atoms with Gasteiger partial charge in [-0.15, -0.1) is 5.10 Å². The number of carbonyl (C=O) groups is 2. The van der Waals surface area contributed by atoms with E-state index in [4.69, 9.17) is 0 Å². The summed E-state index contributed by atoms with van der Waals surface area (Å²) in [4.78, 5) is 28.0. The molecule has 7 nitrogen and oxygen atoms in total. The Morgan fingerprint density at radius 2 is 2.13 bits per heavy atom. The molecule has 2 aromatic rings. The number of anilines is 1. The number of hydrogen-bond donors (Lipinski definition) is 3. The molecule has 23 heavy (non-hydrogen) atoms. The molecule has 0 radical (unpaired) electrons. The predicted octanol–water partition coefficient (Wildman–Crippen LogP) is 2.30. The number of aliphatic carboxylic acids is 1. The molecular weight excluding hydrogens is 316 g/mol. The summed E-state index contributed by atoms with van der Waals surface area (Å²) in [6.07, 6.45) is 1.64. The number of rotatable bonds is 5. The summed E-state index contributed by atoms with van der Waals surface area (Å²) in [5.74, 6) is -0.917. The molecule has 1 aromatic carbocycles. The van der Waals surface area contributed by atoms with Gasteiger partial charge in [0.2, 0.25) is 5.16 Å². The van der Waals surface area contributed by atoms with E-state index in [9.17, 15) is 14.7 Å². The van der Waals surface area contributed by atoms with Crippen molar-refractivity contribution in [3.05, 3.63) is 40.6 Å². The second-order valence-electron chi connectivity index (χ2n) is 4.93. The lowest BCUT2D eigenvalue weighted by molar-refractivity contribution is -0.131. The molecule has 0 fully saturated rings. The Hall–Kier alpha value is -2.61. The first-order valence-corrected chi connectivity index (χ1v) is 7.89. The minimum absolute atomic E-state index is 0.0884. The van der Waals surface area contributed by atoms with Gasteiger partial charge >= 0.3 is 5.97 Å². The van der Waals surface area contributed by atoms with Crippen molar-refractivity contribution in [3.8, 4) is 0 Å². The third-order valence-corrected chi connectivity index (χ3v) is 4.23. The van der Waals surface area contributed by atoms with Crippen LogP contribution in [0.4, 0.5) is 5.69 Å². The molecule has 0 saturated heterocycles. The van der Waals surface area contributed by atoms with Crippen LogP contribution in [-0.4, -0.2) is 32.2 Å². The monoisotopic (exact) mass is 330 g/mol. The van der Waals surface area contributed by atoms with Gasteiger partial charge in [0.05, 0.1) is 5.57 Å². The van der Waals surface area contributed by atoms with E-state index >= 15 is 0 Å². The summed E-state index contributed by atoms with van der Waals surface area (Å²) in [6, 6.07) is 6.99. The fraction of sp³-hybridized carbons (Fsp3) is 0.200. The number of para-hydroxylation sites is 1. The van der Waals surface area contributed by atoms with Gasteiger partial charge in [0.15, 0.2) is 0 Å². The summed E-state index contributed by atoms with van der Waals surface area (Å²) in [5.41, 5.74) is 1.32. The van der Waals surface area contributed by atoms with Gasteiger partial charge in [-0.05, 0) is 24.2 Å². The number of aromatic amines is 1. The van der Waals surface area contributed by atoms with Crippen LogP contribution in [0.3, 0.4) is 0 Å². The number of thioether (sulfide) groups is 1. The van der Waals surface area contributed by atoms with Gasteiger partial charge in [0.1, 0.15) is 10.7 Å². The normalized spacial score (nSPS) is 15.3. The lowest BCUT2D eigenvalue weighted by Crippen LogP contribution is -2.09. The van der Waals surface area contributed by atoms with Crippen molar-refractivity contribution in [1.82, 2.24) is 15.2 Å². The predicted molar refractivity (Wildman–Crippen MR) is 85.9 cm³/mol. The Balaban J connectivity index is 2.01. The third kappa shape index (κ3) is 2.98. The maximum atomic E-state index is 12.2. The summed E-state index contributed by atoms with van der Waals surface area (Å²) in [6.45, 7) is 2.01. The van der Waals surface area contributed by atoms with Crippen LogP contribution in [0, 0.1) is 0 Å². The van der Waals surface area contributed by atoms with Gasteiger partial charge in [0.25, 0.3) is 5.91 Å². The number of hydrogen-bond acceptors (Lipinski definition) is 5. The first-order valence-electron chi connectivity index (χ1n) is 7.07. The van der Waals surface area contributed by atoms with E-state index in [0.717, 1.165) is 24.6 Å². The maximum Gasteiger partial charge on any atom is 0.343 e. The molecule has 0 aliphatic carbocycles. The first-order chi connectivity index (χ1) is 11.1. The van der Waals surface area contributed by atoms with Gasteiger partial charge in [0, 0.05) is 17.7 Å². The number of fused-ring (bicyclic) bond motifs is 1. The van der Waals surface area contributed by atoms with E-state index in [1.54, 1.807) is 24.3 Å². The lowest BCUT2D eigenvalue weighted by atomic mass is 10.1. The second kappa shape index (κ2) is 6.25. The fourth-order valence-electron chi connectivity index (χ4n) is 2.31. The van der Waals surface area contributed by atoms with E-state index in [1.165, 1.54) is 0 Å². The number of carboxylic acid groups (broad SMARTS) is 1. The molecule has 0 spiro atoms. The zero-order valence-electron chi connectivity index (χ0n) is 12.3. The van der Waals surface area contributed by atoms with Crippen LogP contribution in [0.1, 0.15) is 24.7 Å². The van der Waals surface area contributed by atoms with Gasteiger partial charge in [-0.25, -0.2) is 9.78 Å². The Morgan fingerprint density at radius 3 is 2.87 bits per heavy atom. The Kier molecular flexibility index (Phi) is 4.16. The van der Waals surface area contributed by atoms with Gasteiger partial charge < -0.3 is 10.4 Å². The molecular formula is C15H14N4O3S. The van der Waals surface area contributed by atoms with Crippen LogP contribution >= 0.6 is 11.8 Å².